The van der Waals surface area contributed by atoms with Crippen LogP contribution in [0.3, 0.4) is 0 Å². The molecule has 0 saturated carbocycles. The lowest BCUT2D eigenvalue weighted by Gasteiger charge is -2.22. The van der Waals surface area contributed by atoms with Crippen LogP contribution in [0.15, 0.2) is 18.2 Å². The van der Waals surface area contributed by atoms with Gasteiger partial charge in [-0.2, -0.15) is 0 Å². The Bertz CT molecular complexity index is 412. The van der Waals surface area contributed by atoms with Gasteiger partial charge < -0.3 is 10.5 Å². The van der Waals surface area contributed by atoms with E-state index in [1.165, 1.54) is 0 Å². The fraction of sp³-hybridized carbons (Fsp3) is 0.462. The van der Waals surface area contributed by atoms with E-state index in [2.05, 4.69) is 11.8 Å². The maximum Gasteiger partial charge on any atom is 0.123 e. The van der Waals surface area contributed by atoms with E-state index in [1.807, 2.05) is 18.2 Å². The van der Waals surface area contributed by atoms with Crippen molar-refractivity contribution in [2.45, 2.75) is 19.9 Å². The summed E-state index contributed by atoms with van der Waals surface area (Å²) in [5.41, 5.74) is 6.66. The average molecular weight is 287 g/mol. The van der Waals surface area contributed by atoms with Crippen LogP contribution in [0.1, 0.15) is 18.9 Å². The molecule has 100 valence electrons. The number of nitrogens with two attached hydrogens (primary N) is 1. The van der Waals surface area contributed by atoms with E-state index < -0.39 is 0 Å². The van der Waals surface area contributed by atoms with Crippen LogP contribution in [0.5, 0.6) is 5.75 Å². The van der Waals surface area contributed by atoms with Gasteiger partial charge in [-0.05, 0) is 31.2 Å². The van der Waals surface area contributed by atoms with Crippen molar-refractivity contribution in [3.63, 3.8) is 0 Å². The van der Waals surface area contributed by atoms with Crippen molar-refractivity contribution in [1.29, 1.82) is 0 Å². The van der Waals surface area contributed by atoms with Crippen LogP contribution in [0.2, 0.25) is 5.02 Å². The molecule has 0 unspecified atom stereocenters. The number of thiocarbonyl (C=S) groups is 1. The van der Waals surface area contributed by atoms with Crippen LogP contribution in [0.25, 0.3) is 0 Å². The molecule has 3 nitrogen and oxygen atoms in total. The number of benzene rings is 1. The van der Waals surface area contributed by atoms with Gasteiger partial charge in [-0.3, -0.25) is 4.90 Å². The summed E-state index contributed by atoms with van der Waals surface area (Å²) in [5, 5.41) is 0.706. The number of hydrogen-bond acceptors (Lipinski definition) is 3. The first kappa shape index (κ1) is 15.2. The number of rotatable bonds is 7. The van der Waals surface area contributed by atoms with Crippen LogP contribution in [-0.4, -0.2) is 30.1 Å². The Hall–Kier alpha value is -0.840. The fourth-order valence-electron chi connectivity index (χ4n) is 1.86. The molecule has 0 saturated heterocycles. The highest BCUT2D eigenvalue weighted by molar-refractivity contribution is 7.80. The molecule has 5 heteroatoms. The Morgan fingerprint density at radius 3 is 2.78 bits per heavy atom. The van der Waals surface area contributed by atoms with Crippen molar-refractivity contribution < 1.29 is 4.74 Å². The average Bonchev–Trinajstić information content (AvgIpc) is 2.28. The molecule has 0 atom stereocenters. The summed E-state index contributed by atoms with van der Waals surface area (Å²) in [4.78, 5) is 2.70. The van der Waals surface area contributed by atoms with Gasteiger partial charge in [-0.15, -0.1) is 0 Å². The fourth-order valence-corrected chi connectivity index (χ4v) is 2.24. The Balaban J connectivity index is 2.84. The molecule has 0 radical (unpaired) electrons. The predicted molar refractivity (Wildman–Crippen MR) is 80.4 cm³/mol. The Kier molecular flexibility index (Phi) is 6.39. The van der Waals surface area contributed by atoms with Crippen LogP contribution < -0.4 is 10.5 Å². The van der Waals surface area contributed by atoms with Gasteiger partial charge in [-0.25, -0.2) is 0 Å². The van der Waals surface area contributed by atoms with Gasteiger partial charge in [0.15, 0.2) is 0 Å². The van der Waals surface area contributed by atoms with Crippen LogP contribution in [-0.2, 0) is 6.54 Å². The zero-order chi connectivity index (χ0) is 13.5. The molecule has 1 aromatic rings. The molecule has 1 rings (SSSR count). The number of ether oxygens (including phenoxy) is 1. The second-order valence-corrected chi connectivity index (χ2v) is 5.09. The quantitative estimate of drug-likeness (QED) is 0.782. The molecule has 0 aromatic heterocycles. The number of hydrogen-bond donors (Lipinski definition) is 1. The molecular weight excluding hydrogens is 268 g/mol. The summed E-state index contributed by atoms with van der Waals surface area (Å²) in [6.45, 7) is 4.41. The van der Waals surface area contributed by atoms with Gasteiger partial charge in [0.1, 0.15) is 5.75 Å². The monoisotopic (exact) mass is 286 g/mol. The van der Waals surface area contributed by atoms with E-state index in [1.54, 1.807) is 7.11 Å². The maximum atomic E-state index is 6.02. The third kappa shape index (κ3) is 4.80. The summed E-state index contributed by atoms with van der Waals surface area (Å²) in [6, 6.07) is 5.62. The Morgan fingerprint density at radius 2 is 2.22 bits per heavy atom. The van der Waals surface area contributed by atoms with Gasteiger partial charge in [0.25, 0.3) is 0 Å². The lowest BCUT2D eigenvalue weighted by molar-refractivity contribution is 0.297. The summed E-state index contributed by atoms with van der Waals surface area (Å²) in [5.74, 6) is 0.837. The second kappa shape index (κ2) is 7.56. The van der Waals surface area contributed by atoms with E-state index in [0.717, 1.165) is 30.8 Å². The van der Waals surface area contributed by atoms with Gasteiger partial charge in [-0.1, -0.05) is 30.7 Å². The first-order chi connectivity index (χ1) is 8.56. The maximum absolute atomic E-state index is 6.02. The minimum Gasteiger partial charge on any atom is -0.496 e. The molecule has 0 spiro atoms. The van der Waals surface area contributed by atoms with Gasteiger partial charge in [0.2, 0.25) is 0 Å². The lowest BCUT2D eigenvalue weighted by Crippen LogP contribution is -2.33. The lowest BCUT2D eigenvalue weighted by atomic mass is 10.2. The highest BCUT2D eigenvalue weighted by Crippen LogP contribution is 2.24. The predicted octanol–water partition coefficient (Wildman–Crippen LogP) is 2.85. The molecule has 0 aliphatic heterocycles. The molecule has 18 heavy (non-hydrogen) atoms. The zero-order valence-corrected chi connectivity index (χ0v) is 12.4. The van der Waals surface area contributed by atoms with E-state index in [0.29, 0.717) is 16.6 Å². The largest absolute Gasteiger partial charge is 0.496 e. The van der Waals surface area contributed by atoms with E-state index >= 15 is 0 Å². The molecule has 0 bridgehead atoms. The van der Waals surface area contributed by atoms with Gasteiger partial charge in [0, 0.05) is 23.7 Å². The number of nitrogens with zero attached hydrogens (tertiary/aromatic N) is 1. The molecule has 0 fully saturated rings. The van der Waals surface area contributed by atoms with E-state index in [-0.39, 0.29) is 0 Å². The van der Waals surface area contributed by atoms with Crippen molar-refractivity contribution in [2.75, 3.05) is 20.2 Å². The smallest absolute Gasteiger partial charge is 0.123 e. The van der Waals surface area contributed by atoms with Gasteiger partial charge in [0.05, 0.1) is 12.1 Å². The standard InChI is InChI=1S/C13H19ClN2OS/c1-3-6-16(9-13(15)18)8-10-7-11(14)4-5-12(10)17-2/h4-5,7H,3,6,8-9H2,1-2H3,(H2,15,18). The van der Waals surface area contributed by atoms with Crippen molar-refractivity contribution in [1.82, 2.24) is 4.90 Å². The van der Waals surface area contributed by atoms with E-state index in [4.69, 9.17) is 34.3 Å². The minimum absolute atomic E-state index is 0.504. The summed E-state index contributed by atoms with van der Waals surface area (Å²) >= 11 is 11.0. The number of halogens is 1. The van der Waals surface area contributed by atoms with Crippen molar-refractivity contribution in [3.05, 3.63) is 28.8 Å². The molecule has 0 aliphatic rings. The van der Waals surface area contributed by atoms with Gasteiger partial charge >= 0.3 is 0 Å². The minimum atomic E-state index is 0.504. The number of methoxy groups -OCH3 is 1. The Labute approximate surface area is 119 Å². The first-order valence-corrected chi connectivity index (χ1v) is 6.68. The SMILES string of the molecule is CCCN(CC(N)=S)Cc1cc(Cl)ccc1OC. The van der Waals surface area contributed by atoms with Crippen molar-refractivity contribution in [3.8, 4) is 5.75 Å². The molecule has 0 amide bonds. The highest BCUT2D eigenvalue weighted by Gasteiger charge is 2.10. The highest BCUT2D eigenvalue weighted by atomic mass is 35.5. The molecule has 0 aliphatic carbocycles. The van der Waals surface area contributed by atoms with Crippen molar-refractivity contribution in [2.24, 2.45) is 5.73 Å². The topological polar surface area (TPSA) is 38.5 Å². The summed E-state index contributed by atoms with van der Waals surface area (Å²) in [7, 11) is 1.66. The van der Waals surface area contributed by atoms with E-state index in [9.17, 15) is 0 Å². The Morgan fingerprint density at radius 1 is 1.50 bits per heavy atom. The first-order valence-electron chi connectivity index (χ1n) is 5.90. The molecular formula is C13H19ClN2OS. The molecule has 2 N–H and O–H groups in total. The van der Waals surface area contributed by atoms with Crippen LogP contribution in [0, 0.1) is 0 Å². The second-order valence-electron chi connectivity index (χ2n) is 4.13. The molecule has 1 aromatic carbocycles. The van der Waals surface area contributed by atoms with Crippen LogP contribution in [0.4, 0.5) is 0 Å². The third-order valence-corrected chi connectivity index (χ3v) is 2.92. The normalized spacial score (nSPS) is 10.7. The summed E-state index contributed by atoms with van der Waals surface area (Å²) < 4.78 is 5.33. The van der Waals surface area contributed by atoms with Crippen molar-refractivity contribution >= 4 is 28.8 Å². The zero-order valence-electron chi connectivity index (χ0n) is 10.8. The van der Waals surface area contributed by atoms with Crippen LogP contribution >= 0.6 is 23.8 Å². The summed E-state index contributed by atoms with van der Waals surface area (Å²) in [6.07, 6.45) is 1.05. The third-order valence-electron chi connectivity index (χ3n) is 2.56. The molecule has 0 heterocycles.